The van der Waals surface area contributed by atoms with Crippen LogP contribution in [-0.2, 0) is 6.42 Å². The molecule has 0 bridgehead atoms. The molecule has 22 heavy (non-hydrogen) atoms. The van der Waals surface area contributed by atoms with Gasteiger partial charge in [0.25, 0.3) is 0 Å². The normalized spacial score (nSPS) is 16.8. The molecule has 0 aromatic heterocycles. The monoisotopic (exact) mass is 309 g/mol. The number of para-hydroxylation sites is 1. The summed E-state index contributed by atoms with van der Waals surface area (Å²) in [6.07, 6.45) is -4.00. The molecule has 6 heteroatoms. The quantitative estimate of drug-likeness (QED) is 0.917. The molecule has 116 valence electrons. The van der Waals surface area contributed by atoms with Gasteiger partial charge < -0.3 is 14.8 Å². The van der Waals surface area contributed by atoms with Crippen LogP contribution in [0.5, 0.6) is 11.5 Å². The molecule has 1 N–H and O–H groups in total. The Morgan fingerprint density at radius 1 is 1.14 bits per heavy atom. The highest BCUT2D eigenvalue weighted by Gasteiger charge is 2.31. The fourth-order valence-corrected chi connectivity index (χ4v) is 2.66. The molecule has 1 heterocycles. The number of methoxy groups -OCH3 is 1. The minimum absolute atomic E-state index is 0.108. The standard InChI is InChI=1S/C16H14F3NO2/c1-21-14-7-3-5-11-9-13(20-15(11)14)10-4-2-6-12(8-10)22-16(17,18)19/h2-8,13,20H,9H2,1H3. The molecule has 0 radical (unpaired) electrons. The van der Waals surface area contributed by atoms with Crippen molar-refractivity contribution in [1.82, 2.24) is 0 Å². The summed E-state index contributed by atoms with van der Waals surface area (Å²) in [4.78, 5) is 0. The first-order valence-corrected chi connectivity index (χ1v) is 6.74. The number of rotatable bonds is 3. The van der Waals surface area contributed by atoms with Crippen LogP contribution in [0, 0.1) is 0 Å². The maximum Gasteiger partial charge on any atom is 0.573 e. The van der Waals surface area contributed by atoms with E-state index in [0.717, 1.165) is 22.6 Å². The molecule has 3 nitrogen and oxygen atoms in total. The Bertz CT molecular complexity index is 685. The van der Waals surface area contributed by atoms with Crippen LogP contribution in [0.2, 0.25) is 0 Å². The predicted octanol–water partition coefficient (Wildman–Crippen LogP) is 4.30. The van der Waals surface area contributed by atoms with Crippen molar-refractivity contribution in [1.29, 1.82) is 0 Å². The van der Waals surface area contributed by atoms with Crippen molar-refractivity contribution in [2.75, 3.05) is 12.4 Å². The van der Waals surface area contributed by atoms with E-state index in [0.29, 0.717) is 6.42 Å². The molecule has 1 aliphatic rings. The molecular weight excluding hydrogens is 295 g/mol. The number of nitrogens with one attached hydrogen (secondary N) is 1. The Balaban J connectivity index is 1.84. The molecule has 2 aromatic carbocycles. The molecule has 0 saturated carbocycles. The largest absolute Gasteiger partial charge is 0.573 e. The molecule has 3 rings (SSSR count). The van der Waals surface area contributed by atoms with Gasteiger partial charge in [0.05, 0.1) is 18.8 Å². The average molecular weight is 309 g/mol. The van der Waals surface area contributed by atoms with Gasteiger partial charge in [-0.05, 0) is 35.7 Å². The van der Waals surface area contributed by atoms with Crippen LogP contribution >= 0.6 is 0 Å². The lowest BCUT2D eigenvalue weighted by atomic mass is 10.0. The highest BCUT2D eigenvalue weighted by molar-refractivity contribution is 5.67. The Kier molecular flexibility index (Phi) is 3.60. The van der Waals surface area contributed by atoms with Crippen molar-refractivity contribution in [3.8, 4) is 11.5 Å². The zero-order valence-electron chi connectivity index (χ0n) is 11.8. The molecule has 2 aromatic rings. The molecule has 0 fully saturated rings. The van der Waals surface area contributed by atoms with Crippen LogP contribution in [0.25, 0.3) is 0 Å². The van der Waals surface area contributed by atoms with Gasteiger partial charge in [-0.15, -0.1) is 13.2 Å². The number of ether oxygens (including phenoxy) is 2. The second kappa shape index (κ2) is 5.44. The fourth-order valence-electron chi connectivity index (χ4n) is 2.66. The van der Waals surface area contributed by atoms with Gasteiger partial charge in [-0.2, -0.15) is 0 Å². The number of hydrogen-bond acceptors (Lipinski definition) is 3. The topological polar surface area (TPSA) is 30.5 Å². The summed E-state index contributed by atoms with van der Waals surface area (Å²) >= 11 is 0. The summed E-state index contributed by atoms with van der Waals surface area (Å²) in [5.74, 6) is 0.511. The molecule has 1 atom stereocenters. The first-order chi connectivity index (χ1) is 10.5. The van der Waals surface area contributed by atoms with Crippen molar-refractivity contribution in [2.45, 2.75) is 18.8 Å². The smallest absolute Gasteiger partial charge is 0.495 e. The summed E-state index contributed by atoms with van der Waals surface area (Å²) in [6, 6.07) is 11.6. The third-order valence-corrected chi connectivity index (χ3v) is 3.57. The molecule has 1 unspecified atom stereocenters. The zero-order chi connectivity index (χ0) is 15.7. The predicted molar refractivity (Wildman–Crippen MR) is 76.2 cm³/mol. The highest BCUT2D eigenvalue weighted by Crippen LogP contribution is 2.40. The number of alkyl halides is 3. The van der Waals surface area contributed by atoms with Gasteiger partial charge in [-0.1, -0.05) is 24.3 Å². The van der Waals surface area contributed by atoms with E-state index < -0.39 is 6.36 Å². The van der Waals surface area contributed by atoms with Gasteiger partial charge in [-0.3, -0.25) is 0 Å². The number of anilines is 1. The lowest BCUT2D eigenvalue weighted by molar-refractivity contribution is -0.274. The van der Waals surface area contributed by atoms with Crippen molar-refractivity contribution in [2.24, 2.45) is 0 Å². The summed E-state index contributed by atoms with van der Waals surface area (Å²) in [5.41, 5.74) is 2.70. The van der Waals surface area contributed by atoms with Gasteiger partial charge in [0.2, 0.25) is 0 Å². The minimum Gasteiger partial charge on any atom is -0.495 e. The number of benzene rings is 2. The molecule has 0 spiro atoms. The van der Waals surface area contributed by atoms with E-state index in [1.165, 1.54) is 12.1 Å². The number of hydrogen-bond donors (Lipinski definition) is 1. The lowest BCUT2D eigenvalue weighted by Crippen LogP contribution is -2.17. The van der Waals surface area contributed by atoms with E-state index in [-0.39, 0.29) is 11.8 Å². The highest BCUT2D eigenvalue weighted by atomic mass is 19.4. The maximum absolute atomic E-state index is 12.3. The van der Waals surface area contributed by atoms with E-state index in [4.69, 9.17) is 4.74 Å². The van der Waals surface area contributed by atoms with Crippen LogP contribution in [-0.4, -0.2) is 13.5 Å². The van der Waals surface area contributed by atoms with Crippen molar-refractivity contribution < 1.29 is 22.6 Å². The molecular formula is C16H14F3NO2. The van der Waals surface area contributed by atoms with Crippen molar-refractivity contribution >= 4 is 5.69 Å². The van der Waals surface area contributed by atoms with Gasteiger partial charge in [0.1, 0.15) is 11.5 Å². The summed E-state index contributed by atoms with van der Waals surface area (Å²) in [6.45, 7) is 0. The average Bonchev–Trinajstić information content (AvgIpc) is 2.89. The van der Waals surface area contributed by atoms with Gasteiger partial charge >= 0.3 is 6.36 Å². The third kappa shape index (κ3) is 2.95. The van der Waals surface area contributed by atoms with E-state index >= 15 is 0 Å². The minimum atomic E-state index is -4.69. The second-order valence-corrected chi connectivity index (χ2v) is 5.02. The van der Waals surface area contributed by atoms with Gasteiger partial charge in [0, 0.05) is 0 Å². The summed E-state index contributed by atoms with van der Waals surface area (Å²) in [5, 5.41) is 3.30. The first kappa shape index (κ1) is 14.6. The van der Waals surface area contributed by atoms with E-state index in [1.807, 2.05) is 18.2 Å². The van der Waals surface area contributed by atoms with Crippen LogP contribution < -0.4 is 14.8 Å². The van der Waals surface area contributed by atoms with Gasteiger partial charge in [-0.25, -0.2) is 0 Å². The molecule has 1 aliphatic heterocycles. The Morgan fingerprint density at radius 3 is 2.64 bits per heavy atom. The second-order valence-electron chi connectivity index (χ2n) is 5.02. The van der Waals surface area contributed by atoms with E-state index in [9.17, 15) is 13.2 Å². The zero-order valence-corrected chi connectivity index (χ0v) is 11.8. The summed E-state index contributed by atoms with van der Waals surface area (Å²) in [7, 11) is 1.59. The van der Waals surface area contributed by atoms with Crippen LogP contribution in [0.15, 0.2) is 42.5 Å². The SMILES string of the molecule is COc1cccc2c1NC(c1cccc(OC(F)(F)F)c1)C2. The lowest BCUT2D eigenvalue weighted by Gasteiger charge is -2.15. The Labute approximate surface area is 125 Å². The molecule has 0 saturated heterocycles. The van der Waals surface area contributed by atoms with Crippen LogP contribution in [0.3, 0.4) is 0 Å². The first-order valence-electron chi connectivity index (χ1n) is 6.74. The van der Waals surface area contributed by atoms with Crippen molar-refractivity contribution in [3.05, 3.63) is 53.6 Å². The van der Waals surface area contributed by atoms with Crippen molar-refractivity contribution in [3.63, 3.8) is 0 Å². The Morgan fingerprint density at radius 2 is 1.91 bits per heavy atom. The third-order valence-electron chi connectivity index (χ3n) is 3.57. The van der Waals surface area contributed by atoms with Crippen LogP contribution in [0.1, 0.15) is 17.2 Å². The summed E-state index contributed by atoms with van der Waals surface area (Å²) < 4.78 is 46.2. The molecule has 0 amide bonds. The van der Waals surface area contributed by atoms with Crippen LogP contribution in [0.4, 0.5) is 18.9 Å². The van der Waals surface area contributed by atoms with E-state index in [1.54, 1.807) is 19.2 Å². The Hall–Kier alpha value is -2.37. The van der Waals surface area contributed by atoms with Gasteiger partial charge in [0.15, 0.2) is 0 Å². The molecule has 0 aliphatic carbocycles. The maximum atomic E-state index is 12.3. The fraction of sp³-hybridized carbons (Fsp3) is 0.250. The number of fused-ring (bicyclic) bond motifs is 1. The van der Waals surface area contributed by atoms with E-state index in [2.05, 4.69) is 10.1 Å². The number of halogens is 3.